The number of fused-ring (bicyclic) bond motifs is 4. The molecule has 116 valence electrons. The number of hydrogen-bond donors (Lipinski definition) is 0. The number of ether oxygens (including phenoxy) is 1. The van der Waals surface area contributed by atoms with Gasteiger partial charge in [-0.25, -0.2) is 0 Å². The second kappa shape index (κ2) is 4.13. The summed E-state index contributed by atoms with van der Waals surface area (Å²) in [6, 6.07) is 0. The van der Waals surface area contributed by atoms with E-state index >= 15 is 0 Å². The average molecular weight is 288 g/mol. The monoisotopic (exact) mass is 288 g/mol. The van der Waals surface area contributed by atoms with E-state index in [4.69, 9.17) is 4.74 Å². The Morgan fingerprint density at radius 1 is 1.05 bits per heavy atom. The molecular formula is C19H28O2. The smallest absolute Gasteiger partial charge is 0.133 e. The molecule has 0 amide bonds. The standard InChI is InChI=1S/C19H28O2/c1-18-8-6-13(20)10-12(18)2-3-14-15(18)7-9-19-11-21-17(19)5-4-16(14)19/h12,14-17H,2-11H2,1H3/t12-,14-,15+,16+,17?,18+,19-/m1/s1. The summed E-state index contributed by atoms with van der Waals surface area (Å²) in [5.41, 5.74) is 1.07. The van der Waals surface area contributed by atoms with E-state index in [-0.39, 0.29) is 0 Å². The summed E-state index contributed by atoms with van der Waals surface area (Å²) in [5, 5.41) is 0. The predicted molar refractivity (Wildman–Crippen MR) is 80.8 cm³/mol. The zero-order valence-electron chi connectivity index (χ0n) is 13.3. The van der Waals surface area contributed by atoms with Gasteiger partial charge in [0.2, 0.25) is 0 Å². The van der Waals surface area contributed by atoms with Gasteiger partial charge in [0.05, 0.1) is 12.7 Å². The van der Waals surface area contributed by atoms with E-state index in [1.165, 1.54) is 44.9 Å². The molecule has 0 aromatic heterocycles. The lowest BCUT2D eigenvalue weighted by atomic mass is 9.44. The van der Waals surface area contributed by atoms with Crippen molar-refractivity contribution in [1.82, 2.24) is 0 Å². The lowest BCUT2D eigenvalue weighted by Crippen LogP contribution is -2.60. The molecular weight excluding hydrogens is 260 g/mol. The molecule has 1 saturated heterocycles. The van der Waals surface area contributed by atoms with E-state index in [9.17, 15) is 4.79 Å². The third-order valence-electron chi connectivity index (χ3n) is 8.67. The van der Waals surface area contributed by atoms with E-state index in [1.54, 1.807) is 0 Å². The fourth-order valence-corrected chi connectivity index (χ4v) is 7.49. The lowest BCUT2D eigenvalue weighted by Gasteiger charge is -2.62. The molecule has 5 aliphatic rings. The highest BCUT2D eigenvalue weighted by atomic mass is 16.5. The largest absolute Gasteiger partial charge is 0.377 e. The Morgan fingerprint density at radius 2 is 1.95 bits per heavy atom. The van der Waals surface area contributed by atoms with Crippen LogP contribution in [0.1, 0.15) is 64.7 Å². The summed E-state index contributed by atoms with van der Waals surface area (Å²) in [6.07, 6.45) is 11.8. The van der Waals surface area contributed by atoms with Crippen molar-refractivity contribution in [3.8, 4) is 0 Å². The van der Waals surface area contributed by atoms with Gasteiger partial charge < -0.3 is 4.74 Å². The molecule has 4 aliphatic carbocycles. The molecule has 0 radical (unpaired) electrons. The average Bonchev–Trinajstić information content (AvgIpc) is 2.72. The normalized spacial score (nSPS) is 58.5. The SMILES string of the molecule is C[C@]12CCC(=O)C[C@H]1CC[C@H]1[C@@H]3CCC4OC[C@@]43CC[C@@H]12. The van der Waals surface area contributed by atoms with Gasteiger partial charge in [0.25, 0.3) is 0 Å². The maximum Gasteiger partial charge on any atom is 0.133 e. The summed E-state index contributed by atoms with van der Waals surface area (Å²) in [4.78, 5) is 11.9. The van der Waals surface area contributed by atoms with Gasteiger partial charge >= 0.3 is 0 Å². The first-order valence-electron chi connectivity index (χ1n) is 9.27. The minimum atomic E-state index is 0.473. The molecule has 0 aromatic rings. The van der Waals surface area contributed by atoms with Gasteiger partial charge in [-0.05, 0) is 74.0 Å². The van der Waals surface area contributed by atoms with Crippen molar-refractivity contribution in [2.24, 2.45) is 34.5 Å². The van der Waals surface area contributed by atoms with Crippen molar-refractivity contribution in [2.75, 3.05) is 6.61 Å². The van der Waals surface area contributed by atoms with Crippen LogP contribution in [0.5, 0.6) is 0 Å². The van der Waals surface area contributed by atoms with Crippen LogP contribution in [0.3, 0.4) is 0 Å². The first kappa shape index (κ1) is 13.1. The number of carbonyl (C=O) groups excluding carboxylic acids is 1. The van der Waals surface area contributed by atoms with E-state index in [0.717, 1.165) is 37.2 Å². The lowest BCUT2D eigenvalue weighted by molar-refractivity contribution is -0.229. The third kappa shape index (κ3) is 1.51. The van der Waals surface area contributed by atoms with Gasteiger partial charge in [-0.2, -0.15) is 0 Å². The Labute approximate surface area is 128 Å². The molecule has 0 N–H and O–H groups in total. The summed E-state index contributed by atoms with van der Waals surface area (Å²) in [6.45, 7) is 3.60. The van der Waals surface area contributed by atoms with E-state index < -0.39 is 0 Å². The van der Waals surface area contributed by atoms with Crippen LogP contribution in [-0.2, 0) is 9.53 Å². The maximum absolute atomic E-state index is 11.9. The number of Topliss-reactive ketones (excluding diaryl/α,β-unsaturated/α-hetero) is 1. The Balaban J connectivity index is 1.47. The highest BCUT2D eigenvalue weighted by Crippen LogP contribution is 2.68. The molecule has 0 aromatic carbocycles. The molecule has 2 heteroatoms. The molecule has 1 heterocycles. The minimum absolute atomic E-state index is 0.473. The minimum Gasteiger partial charge on any atom is -0.377 e. The molecule has 5 fully saturated rings. The second-order valence-electron chi connectivity index (χ2n) is 9.05. The van der Waals surface area contributed by atoms with E-state index in [2.05, 4.69) is 6.92 Å². The van der Waals surface area contributed by atoms with Crippen LogP contribution in [0.15, 0.2) is 0 Å². The Hall–Kier alpha value is -0.370. The first-order valence-corrected chi connectivity index (χ1v) is 9.27. The van der Waals surface area contributed by atoms with Crippen LogP contribution in [0.4, 0.5) is 0 Å². The zero-order chi connectivity index (χ0) is 14.2. The molecule has 21 heavy (non-hydrogen) atoms. The second-order valence-corrected chi connectivity index (χ2v) is 9.05. The van der Waals surface area contributed by atoms with Crippen molar-refractivity contribution in [3.63, 3.8) is 0 Å². The predicted octanol–water partition coefficient (Wildman–Crippen LogP) is 3.98. The van der Waals surface area contributed by atoms with Gasteiger partial charge in [0.15, 0.2) is 0 Å². The van der Waals surface area contributed by atoms with Crippen LogP contribution in [-0.4, -0.2) is 18.5 Å². The Morgan fingerprint density at radius 3 is 2.76 bits per heavy atom. The van der Waals surface area contributed by atoms with Crippen LogP contribution < -0.4 is 0 Å². The summed E-state index contributed by atoms with van der Waals surface area (Å²) in [7, 11) is 0. The van der Waals surface area contributed by atoms with Gasteiger partial charge in [-0.3, -0.25) is 4.79 Å². The van der Waals surface area contributed by atoms with Crippen molar-refractivity contribution in [3.05, 3.63) is 0 Å². The summed E-state index contributed by atoms with van der Waals surface area (Å²) >= 11 is 0. The number of hydrogen-bond acceptors (Lipinski definition) is 2. The van der Waals surface area contributed by atoms with Crippen LogP contribution in [0.2, 0.25) is 0 Å². The van der Waals surface area contributed by atoms with Crippen molar-refractivity contribution >= 4 is 5.78 Å². The van der Waals surface area contributed by atoms with E-state index in [0.29, 0.717) is 28.6 Å². The summed E-state index contributed by atoms with van der Waals surface area (Å²) in [5.74, 6) is 4.03. The van der Waals surface area contributed by atoms with Gasteiger partial charge in [-0.15, -0.1) is 0 Å². The van der Waals surface area contributed by atoms with Crippen molar-refractivity contribution in [2.45, 2.75) is 70.8 Å². The molecule has 5 rings (SSSR count). The zero-order valence-corrected chi connectivity index (χ0v) is 13.3. The van der Waals surface area contributed by atoms with Gasteiger partial charge in [-0.1, -0.05) is 6.92 Å². The number of ketones is 1. The fraction of sp³-hybridized carbons (Fsp3) is 0.947. The summed E-state index contributed by atoms with van der Waals surface area (Å²) < 4.78 is 5.90. The molecule has 4 saturated carbocycles. The molecule has 0 bridgehead atoms. The van der Waals surface area contributed by atoms with Crippen LogP contribution in [0, 0.1) is 34.5 Å². The fourth-order valence-electron chi connectivity index (χ4n) is 7.49. The van der Waals surface area contributed by atoms with Crippen molar-refractivity contribution < 1.29 is 9.53 Å². The molecule has 2 nitrogen and oxygen atoms in total. The third-order valence-corrected chi connectivity index (χ3v) is 8.67. The molecule has 1 aliphatic heterocycles. The van der Waals surface area contributed by atoms with E-state index in [1.807, 2.05) is 0 Å². The van der Waals surface area contributed by atoms with Gasteiger partial charge in [0.1, 0.15) is 5.78 Å². The number of rotatable bonds is 0. The molecule has 7 atom stereocenters. The first-order chi connectivity index (χ1) is 10.1. The Bertz CT molecular complexity index is 486. The van der Waals surface area contributed by atoms with Gasteiger partial charge in [0, 0.05) is 18.3 Å². The quantitative estimate of drug-likeness (QED) is 0.674. The van der Waals surface area contributed by atoms with Crippen LogP contribution in [0.25, 0.3) is 0 Å². The molecule has 1 unspecified atom stereocenters. The van der Waals surface area contributed by atoms with Crippen molar-refractivity contribution in [1.29, 1.82) is 0 Å². The molecule has 1 spiro atoms. The highest BCUT2D eigenvalue weighted by molar-refractivity contribution is 5.79. The topological polar surface area (TPSA) is 26.3 Å². The Kier molecular flexibility index (Phi) is 2.58. The van der Waals surface area contributed by atoms with Crippen LogP contribution >= 0.6 is 0 Å². The highest BCUT2D eigenvalue weighted by Gasteiger charge is 2.65. The number of carbonyl (C=O) groups is 1. The maximum atomic E-state index is 11.9.